The van der Waals surface area contributed by atoms with Gasteiger partial charge in [0.25, 0.3) is 0 Å². The summed E-state index contributed by atoms with van der Waals surface area (Å²) in [4.78, 5) is 7.06. The van der Waals surface area contributed by atoms with Crippen molar-refractivity contribution in [3.63, 3.8) is 0 Å². The maximum Gasteiger partial charge on any atom is 0.108 e. The second-order valence-electron chi connectivity index (χ2n) is 3.39. The zero-order valence-corrected chi connectivity index (χ0v) is 8.16. The molecule has 0 aromatic carbocycles. The Balaban J connectivity index is 2.14. The molecule has 0 aliphatic carbocycles. The van der Waals surface area contributed by atoms with E-state index in [-0.39, 0.29) is 6.10 Å². The molecule has 0 saturated heterocycles. The van der Waals surface area contributed by atoms with Gasteiger partial charge in [0.15, 0.2) is 0 Å². The molecule has 0 bridgehead atoms. The Morgan fingerprint density at radius 1 is 1.54 bits per heavy atom. The molecule has 0 amide bonds. The van der Waals surface area contributed by atoms with Crippen LogP contribution < -0.4 is 0 Å². The third-order valence-electron chi connectivity index (χ3n) is 2.12. The fraction of sp³-hybridized carbons (Fsp3) is 0.700. The molecular weight excluding hydrogens is 164 g/mol. The summed E-state index contributed by atoms with van der Waals surface area (Å²) < 4.78 is 0. The Morgan fingerprint density at radius 3 is 3.00 bits per heavy atom. The van der Waals surface area contributed by atoms with Crippen molar-refractivity contribution in [2.45, 2.75) is 45.1 Å². The SMILES string of the molecule is CCCCCC(O)Cc1ncc[nH]1. The van der Waals surface area contributed by atoms with Gasteiger partial charge in [-0.25, -0.2) is 4.98 Å². The monoisotopic (exact) mass is 182 g/mol. The molecule has 3 heteroatoms. The van der Waals surface area contributed by atoms with E-state index in [0.717, 1.165) is 18.7 Å². The highest BCUT2D eigenvalue weighted by Crippen LogP contribution is 2.06. The number of H-pyrrole nitrogens is 1. The van der Waals surface area contributed by atoms with Crippen molar-refractivity contribution >= 4 is 0 Å². The summed E-state index contributed by atoms with van der Waals surface area (Å²) in [6, 6.07) is 0. The van der Waals surface area contributed by atoms with Gasteiger partial charge in [0, 0.05) is 18.8 Å². The van der Waals surface area contributed by atoms with Crippen molar-refractivity contribution in [1.29, 1.82) is 0 Å². The van der Waals surface area contributed by atoms with Gasteiger partial charge in [0.05, 0.1) is 6.10 Å². The van der Waals surface area contributed by atoms with Gasteiger partial charge in [-0.15, -0.1) is 0 Å². The number of hydrogen-bond donors (Lipinski definition) is 2. The van der Waals surface area contributed by atoms with E-state index in [1.165, 1.54) is 12.8 Å². The van der Waals surface area contributed by atoms with Crippen LogP contribution in [0.25, 0.3) is 0 Å². The summed E-state index contributed by atoms with van der Waals surface area (Å²) in [5.74, 6) is 0.879. The van der Waals surface area contributed by atoms with Crippen molar-refractivity contribution in [3.8, 4) is 0 Å². The average molecular weight is 182 g/mol. The summed E-state index contributed by atoms with van der Waals surface area (Å²) in [5.41, 5.74) is 0. The van der Waals surface area contributed by atoms with E-state index in [4.69, 9.17) is 0 Å². The second kappa shape index (κ2) is 5.75. The molecule has 1 atom stereocenters. The summed E-state index contributed by atoms with van der Waals surface area (Å²) in [7, 11) is 0. The van der Waals surface area contributed by atoms with Gasteiger partial charge in [0.2, 0.25) is 0 Å². The smallest absolute Gasteiger partial charge is 0.108 e. The van der Waals surface area contributed by atoms with E-state index in [0.29, 0.717) is 6.42 Å². The number of hydrogen-bond acceptors (Lipinski definition) is 2. The van der Waals surface area contributed by atoms with E-state index < -0.39 is 0 Å². The Labute approximate surface area is 79.2 Å². The first kappa shape index (κ1) is 10.3. The standard InChI is InChI=1S/C10H18N2O/c1-2-3-4-5-9(13)8-10-11-6-7-12-10/h6-7,9,13H,2-5,8H2,1H3,(H,11,12). The highest BCUT2D eigenvalue weighted by atomic mass is 16.3. The van der Waals surface area contributed by atoms with Crippen LogP contribution in [0.3, 0.4) is 0 Å². The van der Waals surface area contributed by atoms with Crippen molar-refractivity contribution in [2.24, 2.45) is 0 Å². The van der Waals surface area contributed by atoms with E-state index in [2.05, 4.69) is 16.9 Å². The molecule has 0 aliphatic rings. The lowest BCUT2D eigenvalue weighted by Gasteiger charge is -2.07. The van der Waals surface area contributed by atoms with Gasteiger partial charge in [-0.05, 0) is 6.42 Å². The molecule has 74 valence electrons. The molecule has 0 aliphatic heterocycles. The molecule has 1 heterocycles. The summed E-state index contributed by atoms with van der Waals surface area (Å²) in [6.07, 6.45) is 8.31. The van der Waals surface area contributed by atoms with Crippen molar-refractivity contribution in [3.05, 3.63) is 18.2 Å². The van der Waals surface area contributed by atoms with Crippen LogP contribution in [0.15, 0.2) is 12.4 Å². The number of aliphatic hydroxyl groups excluding tert-OH is 1. The molecule has 1 aromatic rings. The molecule has 0 fully saturated rings. The van der Waals surface area contributed by atoms with Gasteiger partial charge >= 0.3 is 0 Å². The van der Waals surface area contributed by atoms with Crippen LogP contribution in [0, 0.1) is 0 Å². The molecule has 0 spiro atoms. The number of nitrogens with one attached hydrogen (secondary N) is 1. The fourth-order valence-corrected chi connectivity index (χ4v) is 1.36. The number of aromatic amines is 1. The van der Waals surface area contributed by atoms with Gasteiger partial charge in [-0.2, -0.15) is 0 Å². The molecule has 1 rings (SSSR count). The lowest BCUT2D eigenvalue weighted by molar-refractivity contribution is 0.159. The number of aromatic nitrogens is 2. The minimum atomic E-state index is -0.238. The molecule has 2 N–H and O–H groups in total. The lowest BCUT2D eigenvalue weighted by Crippen LogP contribution is -2.11. The zero-order valence-electron chi connectivity index (χ0n) is 8.16. The third-order valence-corrected chi connectivity index (χ3v) is 2.12. The first-order chi connectivity index (χ1) is 6.33. The van der Waals surface area contributed by atoms with E-state index >= 15 is 0 Å². The maximum absolute atomic E-state index is 9.59. The highest BCUT2D eigenvalue weighted by molar-refractivity contribution is 4.88. The number of rotatable bonds is 6. The topological polar surface area (TPSA) is 48.9 Å². The molecule has 0 radical (unpaired) electrons. The predicted molar refractivity (Wildman–Crippen MR) is 52.4 cm³/mol. The Bertz CT molecular complexity index is 209. The van der Waals surface area contributed by atoms with Crippen LogP contribution >= 0.6 is 0 Å². The van der Waals surface area contributed by atoms with Crippen LogP contribution in [0.1, 0.15) is 38.4 Å². The first-order valence-corrected chi connectivity index (χ1v) is 4.99. The minimum absolute atomic E-state index is 0.238. The predicted octanol–water partition coefficient (Wildman–Crippen LogP) is 1.89. The summed E-state index contributed by atoms with van der Waals surface area (Å²) in [5, 5.41) is 9.59. The van der Waals surface area contributed by atoms with Crippen molar-refractivity contribution < 1.29 is 5.11 Å². The molecular formula is C10H18N2O. The summed E-state index contributed by atoms with van der Waals surface area (Å²) >= 11 is 0. The number of aliphatic hydroxyl groups is 1. The number of nitrogens with zero attached hydrogens (tertiary/aromatic N) is 1. The number of unbranched alkanes of at least 4 members (excludes halogenated alkanes) is 2. The van der Waals surface area contributed by atoms with Crippen molar-refractivity contribution in [1.82, 2.24) is 9.97 Å². The van der Waals surface area contributed by atoms with Gasteiger partial charge in [-0.1, -0.05) is 26.2 Å². The van der Waals surface area contributed by atoms with Crippen LogP contribution in [-0.2, 0) is 6.42 Å². The summed E-state index contributed by atoms with van der Waals surface area (Å²) in [6.45, 7) is 2.17. The fourth-order valence-electron chi connectivity index (χ4n) is 1.36. The molecule has 0 saturated carbocycles. The van der Waals surface area contributed by atoms with E-state index in [1.807, 2.05) is 0 Å². The lowest BCUT2D eigenvalue weighted by atomic mass is 10.1. The molecule has 1 aromatic heterocycles. The van der Waals surface area contributed by atoms with Crippen LogP contribution in [0.5, 0.6) is 0 Å². The van der Waals surface area contributed by atoms with Crippen LogP contribution in [-0.4, -0.2) is 21.2 Å². The quantitative estimate of drug-likeness (QED) is 0.660. The van der Waals surface area contributed by atoms with E-state index in [9.17, 15) is 5.11 Å². The van der Waals surface area contributed by atoms with Crippen LogP contribution in [0.4, 0.5) is 0 Å². The largest absolute Gasteiger partial charge is 0.393 e. The molecule has 1 unspecified atom stereocenters. The Kier molecular flexibility index (Phi) is 4.54. The van der Waals surface area contributed by atoms with Gasteiger partial charge < -0.3 is 10.1 Å². The minimum Gasteiger partial charge on any atom is -0.393 e. The Morgan fingerprint density at radius 2 is 2.38 bits per heavy atom. The average Bonchev–Trinajstić information content (AvgIpc) is 2.57. The maximum atomic E-state index is 9.59. The second-order valence-corrected chi connectivity index (χ2v) is 3.39. The first-order valence-electron chi connectivity index (χ1n) is 4.99. The Hall–Kier alpha value is -0.830. The van der Waals surface area contributed by atoms with Crippen molar-refractivity contribution in [2.75, 3.05) is 0 Å². The number of imidazole rings is 1. The van der Waals surface area contributed by atoms with Gasteiger partial charge in [0.1, 0.15) is 5.82 Å². The van der Waals surface area contributed by atoms with Crippen LogP contribution in [0.2, 0.25) is 0 Å². The van der Waals surface area contributed by atoms with E-state index in [1.54, 1.807) is 12.4 Å². The third kappa shape index (κ3) is 4.08. The highest BCUT2D eigenvalue weighted by Gasteiger charge is 2.05. The zero-order chi connectivity index (χ0) is 9.52. The molecule has 13 heavy (non-hydrogen) atoms. The molecule has 3 nitrogen and oxygen atoms in total. The normalized spacial score (nSPS) is 13.1. The van der Waals surface area contributed by atoms with Gasteiger partial charge in [-0.3, -0.25) is 0 Å².